The fourth-order valence-electron chi connectivity index (χ4n) is 4.42. The van der Waals surface area contributed by atoms with Gasteiger partial charge in [0.2, 0.25) is 0 Å². The molecule has 0 spiro atoms. The van der Waals surface area contributed by atoms with E-state index in [1.807, 2.05) is 18.0 Å². The lowest BCUT2D eigenvalue weighted by Gasteiger charge is -2.39. The predicted octanol–water partition coefficient (Wildman–Crippen LogP) is 2.40. The van der Waals surface area contributed by atoms with E-state index in [1.54, 1.807) is 0 Å². The van der Waals surface area contributed by atoms with Crippen molar-refractivity contribution in [2.75, 3.05) is 32.8 Å². The topological polar surface area (TPSA) is 71.2 Å². The second kappa shape index (κ2) is 8.81. The molecule has 2 saturated heterocycles. The van der Waals surface area contributed by atoms with Gasteiger partial charge in [-0.25, -0.2) is 4.79 Å². The molecule has 1 amide bonds. The molecular formula is C19H32N4O2. The number of likely N-dealkylation sites (tertiary alicyclic amines) is 2. The average molecular weight is 348 g/mol. The number of nitrogens with two attached hydrogens (primary N) is 1. The van der Waals surface area contributed by atoms with E-state index >= 15 is 0 Å². The maximum atomic E-state index is 11.9. The van der Waals surface area contributed by atoms with Crippen LogP contribution >= 0.6 is 0 Å². The molecule has 2 atom stereocenters. The van der Waals surface area contributed by atoms with Crippen LogP contribution in [0.15, 0.2) is 16.6 Å². The minimum Gasteiger partial charge on any atom is -0.450 e. The minimum atomic E-state index is -0.152. The first-order valence-corrected chi connectivity index (χ1v) is 9.82. The summed E-state index contributed by atoms with van der Waals surface area (Å²) in [7, 11) is 0. The van der Waals surface area contributed by atoms with Crippen LogP contribution in [0, 0.1) is 5.92 Å². The van der Waals surface area contributed by atoms with Crippen LogP contribution in [0.3, 0.4) is 0 Å². The summed E-state index contributed by atoms with van der Waals surface area (Å²) in [6.45, 7) is 6.21. The molecule has 2 fully saturated rings. The zero-order valence-electron chi connectivity index (χ0n) is 15.4. The van der Waals surface area contributed by atoms with E-state index in [0.717, 1.165) is 45.4 Å². The highest BCUT2D eigenvalue weighted by molar-refractivity contribution is 5.67. The lowest BCUT2D eigenvalue weighted by Crippen LogP contribution is -2.43. The number of carbonyl (C=O) groups excluding carboxylic acids is 1. The van der Waals surface area contributed by atoms with Crippen molar-refractivity contribution in [2.24, 2.45) is 16.6 Å². The molecule has 3 aliphatic heterocycles. The van der Waals surface area contributed by atoms with Gasteiger partial charge in [-0.3, -0.25) is 4.99 Å². The van der Waals surface area contributed by atoms with Crippen LogP contribution in [0.5, 0.6) is 0 Å². The molecule has 6 heteroatoms. The van der Waals surface area contributed by atoms with Crippen LogP contribution in [0.25, 0.3) is 0 Å². The fourth-order valence-corrected chi connectivity index (χ4v) is 4.42. The molecule has 0 saturated carbocycles. The summed E-state index contributed by atoms with van der Waals surface area (Å²) < 4.78 is 5.15. The summed E-state index contributed by atoms with van der Waals surface area (Å²) in [4.78, 5) is 20.8. The van der Waals surface area contributed by atoms with Gasteiger partial charge in [-0.15, -0.1) is 0 Å². The highest BCUT2D eigenvalue weighted by Gasteiger charge is 2.30. The van der Waals surface area contributed by atoms with E-state index in [-0.39, 0.29) is 12.3 Å². The van der Waals surface area contributed by atoms with Crippen LogP contribution in [-0.2, 0) is 4.74 Å². The summed E-state index contributed by atoms with van der Waals surface area (Å²) in [6.07, 6.45) is 10.5. The molecule has 0 radical (unpaired) electrons. The van der Waals surface area contributed by atoms with E-state index in [1.165, 1.54) is 24.8 Å². The number of allylic oxidation sites excluding steroid dienone is 1. The molecule has 2 N–H and O–H groups in total. The number of rotatable bonds is 3. The molecule has 0 aliphatic carbocycles. The number of aliphatic imine (C=N–C) groups is 1. The smallest absolute Gasteiger partial charge is 0.409 e. The molecule has 140 valence electrons. The zero-order chi connectivity index (χ0) is 17.6. The van der Waals surface area contributed by atoms with Gasteiger partial charge < -0.3 is 20.3 Å². The van der Waals surface area contributed by atoms with Crippen molar-refractivity contribution in [3.63, 3.8) is 0 Å². The Bertz CT molecular complexity index is 512. The molecule has 6 nitrogen and oxygen atoms in total. The Morgan fingerprint density at radius 1 is 1.24 bits per heavy atom. The number of piperidine rings is 1. The molecule has 0 aromatic heterocycles. The van der Waals surface area contributed by atoms with Gasteiger partial charge in [0.25, 0.3) is 0 Å². The molecule has 0 aromatic carbocycles. The lowest BCUT2D eigenvalue weighted by atomic mass is 9.85. The lowest BCUT2D eigenvalue weighted by molar-refractivity contribution is 0.104. The zero-order valence-corrected chi connectivity index (χ0v) is 15.4. The monoisotopic (exact) mass is 348 g/mol. The highest BCUT2D eigenvalue weighted by Crippen LogP contribution is 2.30. The summed E-state index contributed by atoms with van der Waals surface area (Å²) in [6, 6.07) is 0.590. The van der Waals surface area contributed by atoms with Gasteiger partial charge in [0.1, 0.15) is 6.17 Å². The van der Waals surface area contributed by atoms with Crippen molar-refractivity contribution in [2.45, 2.75) is 57.7 Å². The average Bonchev–Trinajstić information content (AvgIpc) is 2.89. The summed E-state index contributed by atoms with van der Waals surface area (Å²) >= 11 is 0. The van der Waals surface area contributed by atoms with Gasteiger partial charge in [-0.2, -0.15) is 0 Å². The Hall–Kier alpha value is -1.40. The first kappa shape index (κ1) is 18.4. The first-order valence-electron chi connectivity index (χ1n) is 9.82. The van der Waals surface area contributed by atoms with Crippen molar-refractivity contribution < 1.29 is 9.53 Å². The third kappa shape index (κ3) is 4.61. The van der Waals surface area contributed by atoms with Crippen molar-refractivity contribution in [3.05, 3.63) is 11.6 Å². The molecule has 0 aromatic rings. The Labute approximate surface area is 151 Å². The number of amides is 1. The summed E-state index contributed by atoms with van der Waals surface area (Å²) in [5.41, 5.74) is 7.49. The SMILES string of the molecule is CCOC(=O)N1CCCC(N2CCC(C3=CCC=NC3N)CC2)CC1. The minimum absolute atomic E-state index is 0.124. The maximum Gasteiger partial charge on any atom is 0.409 e. The van der Waals surface area contributed by atoms with Crippen LogP contribution in [0.2, 0.25) is 0 Å². The maximum absolute atomic E-state index is 11.9. The second-order valence-electron chi connectivity index (χ2n) is 7.30. The summed E-state index contributed by atoms with van der Waals surface area (Å²) in [5, 5.41) is 0. The molecule has 25 heavy (non-hydrogen) atoms. The third-order valence-corrected chi connectivity index (χ3v) is 5.81. The molecular weight excluding hydrogens is 316 g/mol. The van der Waals surface area contributed by atoms with E-state index < -0.39 is 0 Å². The van der Waals surface area contributed by atoms with Gasteiger partial charge >= 0.3 is 6.09 Å². The number of ether oxygens (including phenoxy) is 1. The van der Waals surface area contributed by atoms with Crippen molar-refractivity contribution in [1.29, 1.82) is 0 Å². The normalized spacial score (nSPS) is 29.2. The van der Waals surface area contributed by atoms with Crippen LogP contribution in [0.4, 0.5) is 4.79 Å². The van der Waals surface area contributed by atoms with Gasteiger partial charge in [0.05, 0.1) is 6.61 Å². The summed E-state index contributed by atoms with van der Waals surface area (Å²) in [5.74, 6) is 0.588. The van der Waals surface area contributed by atoms with E-state index in [4.69, 9.17) is 10.5 Å². The Morgan fingerprint density at radius 3 is 2.76 bits per heavy atom. The van der Waals surface area contributed by atoms with Crippen LogP contribution < -0.4 is 5.73 Å². The van der Waals surface area contributed by atoms with Gasteiger partial charge in [-0.05, 0) is 63.6 Å². The largest absolute Gasteiger partial charge is 0.450 e. The Balaban J connectivity index is 1.48. The predicted molar refractivity (Wildman–Crippen MR) is 99.7 cm³/mol. The molecule has 3 heterocycles. The number of nitrogens with zero attached hydrogens (tertiary/aromatic N) is 3. The number of carbonyl (C=O) groups is 1. The second-order valence-corrected chi connectivity index (χ2v) is 7.30. The van der Waals surface area contributed by atoms with E-state index in [9.17, 15) is 4.79 Å². The van der Waals surface area contributed by atoms with E-state index in [2.05, 4.69) is 16.0 Å². The third-order valence-electron chi connectivity index (χ3n) is 5.81. The number of dihydropyridines is 1. The molecule has 2 unspecified atom stereocenters. The van der Waals surface area contributed by atoms with E-state index in [0.29, 0.717) is 18.6 Å². The standard InChI is InChI=1S/C19H32N4O2/c1-2-25-19(24)23-11-4-5-16(9-14-23)22-12-7-15(8-13-22)17-6-3-10-21-18(17)20/h6,10,15-16,18H,2-5,7-9,11-14,20H2,1H3. The highest BCUT2D eigenvalue weighted by atomic mass is 16.6. The van der Waals surface area contributed by atoms with Gasteiger partial charge in [-0.1, -0.05) is 6.08 Å². The van der Waals surface area contributed by atoms with Crippen molar-refractivity contribution >= 4 is 12.3 Å². The van der Waals surface area contributed by atoms with Crippen molar-refractivity contribution in [3.8, 4) is 0 Å². The van der Waals surface area contributed by atoms with Gasteiger partial charge in [0, 0.05) is 31.8 Å². The van der Waals surface area contributed by atoms with Crippen LogP contribution in [0.1, 0.15) is 45.4 Å². The number of hydrogen-bond acceptors (Lipinski definition) is 5. The molecule has 0 bridgehead atoms. The van der Waals surface area contributed by atoms with Crippen LogP contribution in [-0.4, -0.2) is 67.1 Å². The first-order chi connectivity index (χ1) is 12.2. The molecule has 3 aliphatic rings. The fraction of sp³-hybridized carbons (Fsp3) is 0.789. The Kier molecular flexibility index (Phi) is 6.48. The van der Waals surface area contributed by atoms with Crippen molar-refractivity contribution in [1.82, 2.24) is 9.80 Å². The quantitative estimate of drug-likeness (QED) is 0.795. The molecule has 3 rings (SSSR count). The Morgan fingerprint density at radius 2 is 2.04 bits per heavy atom. The number of hydrogen-bond donors (Lipinski definition) is 1. The van der Waals surface area contributed by atoms with Gasteiger partial charge in [0.15, 0.2) is 0 Å².